The van der Waals surface area contributed by atoms with E-state index in [4.69, 9.17) is 4.74 Å². The van der Waals surface area contributed by atoms with Crippen molar-refractivity contribution in [3.05, 3.63) is 75.2 Å². The summed E-state index contributed by atoms with van der Waals surface area (Å²) in [6.07, 6.45) is 0.700. The van der Waals surface area contributed by atoms with E-state index >= 15 is 0 Å². The minimum absolute atomic E-state index is 0.178. The van der Waals surface area contributed by atoms with Crippen molar-refractivity contribution < 1.29 is 9.53 Å². The first-order valence-corrected chi connectivity index (χ1v) is 8.88. The van der Waals surface area contributed by atoms with Crippen molar-refractivity contribution in [2.75, 3.05) is 12.4 Å². The van der Waals surface area contributed by atoms with E-state index in [1.165, 1.54) is 11.3 Å². The molecule has 1 amide bonds. The van der Waals surface area contributed by atoms with Crippen LogP contribution in [0.2, 0.25) is 0 Å². The lowest BCUT2D eigenvalue weighted by Gasteiger charge is -2.06. The monoisotopic (exact) mass is 352 g/mol. The maximum absolute atomic E-state index is 12.4. The molecule has 0 aliphatic carbocycles. The average Bonchev–Trinajstić information content (AvgIpc) is 3.03. The van der Waals surface area contributed by atoms with Gasteiger partial charge in [-0.05, 0) is 54.8 Å². The number of anilines is 1. The van der Waals surface area contributed by atoms with Gasteiger partial charge in [-0.2, -0.15) is 0 Å². The fraction of sp³-hybridized carbons (Fsp3) is 0.200. The third kappa shape index (κ3) is 4.45. The number of rotatable bonds is 5. The number of hydrogen-bond acceptors (Lipinski definition) is 4. The molecule has 0 atom stereocenters. The number of carbonyl (C=O) groups excluding carboxylic acids is 1. The van der Waals surface area contributed by atoms with Crippen LogP contribution >= 0.6 is 11.3 Å². The number of benzene rings is 2. The van der Waals surface area contributed by atoms with Gasteiger partial charge in [0.25, 0.3) is 5.91 Å². The third-order valence-corrected chi connectivity index (χ3v) is 4.63. The largest absolute Gasteiger partial charge is 0.497 e. The van der Waals surface area contributed by atoms with E-state index in [1.807, 2.05) is 50.2 Å². The molecule has 0 saturated heterocycles. The van der Waals surface area contributed by atoms with Crippen molar-refractivity contribution in [3.63, 3.8) is 0 Å². The Bertz CT molecular complexity index is 865. The van der Waals surface area contributed by atoms with Gasteiger partial charge in [-0.3, -0.25) is 4.79 Å². The van der Waals surface area contributed by atoms with Crippen molar-refractivity contribution >= 4 is 22.9 Å². The van der Waals surface area contributed by atoms with Crippen molar-refractivity contribution in [2.45, 2.75) is 20.3 Å². The standard InChI is InChI=1S/C20H20N2O2S/c1-13-8-14(2)10-16(9-13)21-20(23)18-12-25-19(22-18)11-15-4-6-17(24-3)7-5-15/h4-10,12H,11H2,1-3H3,(H,21,23). The number of hydrogen-bond donors (Lipinski definition) is 1. The summed E-state index contributed by atoms with van der Waals surface area (Å²) >= 11 is 1.50. The molecule has 4 nitrogen and oxygen atoms in total. The van der Waals surface area contributed by atoms with Gasteiger partial charge < -0.3 is 10.1 Å². The van der Waals surface area contributed by atoms with Crippen LogP contribution in [-0.2, 0) is 6.42 Å². The van der Waals surface area contributed by atoms with Crippen LogP contribution in [0.15, 0.2) is 47.8 Å². The lowest BCUT2D eigenvalue weighted by Crippen LogP contribution is -2.12. The molecule has 3 rings (SSSR count). The van der Waals surface area contributed by atoms with Gasteiger partial charge in [-0.15, -0.1) is 11.3 Å². The van der Waals surface area contributed by atoms with Gasteiger partial charge in [0.05, 0.1) is 12.1 Å². The minimum Gasteiger partial charge on any atom is -0.497 e. The average molecular weight is 352 g/mol. The molecule has 0 bridgehead atoms. The number of aromatic nitrogens is 1. The van der Waals surface area contributed by atoms with Crippen molar-refractivity contribution in [1.82, 2.24) is 4.98 Å². The Morgan fingerprint density at radius 2 is 1.80 bits per heavy atom. The van der Waals surface area contributed by atoms with E-state index in [1.54, 1.807) is 12.5 Å². The van der Waals surface area contributed by atoms with Gasteiger partial charge in [0.1, 0.15) is 11.4 Å². The van der Waals surface area contributed by atoms with Crippen molar-refractivity contribution in [2.24, 2.45) is 0 Å². The first-order valence-electron chi connectivity index (χ1n) is 8.00. The van der Waals surface area contributed by atoms with Crippen LogP contribution in [0.4, 0.5) is 5.69 Å². The van der Waals surface area contributed by atoms with Crippen LogP contribution in [0.5, 0.6) is 5.75 Å². The third-order valence-electron chi connectivity index (χ3n) is 3.78. The Morgan fingerprint density at radius 1 is 1.12 bits per heavy atom. The fourth-order valence-electron chi connectivity index (χ4n) is 2.66. The lowest BCUT2D eigenvalue weighted by atomic mass is 10.1. The number of ether oxygens (including phenoxy) is 1. The molecule has 128 valence electrons. The minimum atomic E-state index is -0.178. The van der Waals surface area contributed by atoms with Gasteiger partial charge in [0, 0.05) is 17.5 Å². The Morgan fingerprint density at radius 3 is 2.44 bits per heavy atom. The molecule has 2 aromatic carbocycles. The van der Waals surface area contributed by atoms with E-state index in [0.717, 1.165) is 33.1 Å². The maximum Gasteiger partial charge on any atom is 0.275 e. The number of aryl methyl sites for hydroxylation is 2. The zero-order valence-corrected chi connectivity index (χ0v) is 15.3. The number of nitrogens with zero attached hydrogens (tertiary/aromatic N) is 1. The number of methoxy groups -OCH3 is 1. The van der Waals surface area contributed by atoms with Crippen molar-refractivity contribution in [3.8, 4) is 5.75 Å². The summed E-state index contributed by atoms with van der Waals surface area (Å²) in [6, 6.07) is 13.9. The first-order chi connectivity index (χ1) is 12.0. The molecule has 0 saturated carbocycles. The Balaban J connectivity index is 1.68. The topological polar surface area (TPSA) is 51.2 Å². The first kappa shape index (κ1) is 17.2. The molecule has 0 unspecified atom stereocenters. The van der Waals surface area contributed by atoms with Gasteiger partial charge in [0.15, 0.2) is 0 Å². The van der Waals surface area contributed by atoms with Crippen LogP contribution in [-0.4, -0.2) is 18.0 Å². The Hall–Kier alpha value is -2.66. The summed E-state index contributed by atoms with van der Waals surface area (Å²) in [5.74, 6) is 0.652. The van der Waals surface area contributed by atoms with E-state index in [-0.39, 0.29) is 5.91 Å². The number of amides is 1. The zero-order valence-electron chi connectivity index (χ0n) is 14.5. The van der Waals surface area contributed by atoms with Crippen LogP contribution < -0.4 is 10.1 Å². The predicted molar refractivity (Wildman–Crippen MR) is 102 cm³/mol. The summed E-state index contributed by atoms with van der Waals surface area (Å²) in [4.78, 5) is 16.9. The maximum atomic E-state index is 12.4. The highest BCUT2D eigenvalue weighted by atomic mass is 32.1. The van der Waals surface area contributed by atoms with Crippen LogP contribution in [0.1, 0.15) is 32.2 Å². The van der Waals surface area contributed by atoms with E-state index in [2.05, 4.69) is 16.4 Å². The normalized spacial score (nSPS) is 10.5. The molecular formula is C20H20N2O2S. The summed E-state index contributed by atoms with van der Waals surface area (Å²) in [5.41, 5.74) is 4.62. The van der Waals surface area contributed by atoms with E-state index in [9.17, 15) is 4.79 Å². The zero-order chi connectivity index (χ0) is 17.8. The second-order valence-corrected chi connectivity index (χ2v) is 6.92. The molecule has 0 fully saturated rings. The second kappa shape index (κ2) is 7.49. The smallest absolute Gasteiger partial charge is 0.275 e. The highest BCUT2D eigenvalue weighted by Crippen LogP contribution is 2.19. The molecule has 1 aromatic heterocycles. The van der Waals surface area contributed by atoms with Crippen LogP contribution in [0.25, 0.3) is 0 Å². The molecule has 0 spiro atoms. The molecule has 5 heteroatoms. The lowest BCUT2D eigenvalue weighted by molar-refractivity contribution is 0.102. The predicted octanol–water partition coefficient (Wildman–Crippen LogP) is 4.61. The summed E-state index contributed by atoms with van der Waals surface area (Å²) in [5, 5.41) is 5.64. The summed E-state index contributed by atoms with van der Waals surface area (Å²) < 4.78 is 5.16. The van der Waals surface area contributed by atoms with E-state index < -0.39 is 0 Å². The molecule has 0 radical (unpaired) electrons. The molecule has 25 heavy (non-hydrogen) atoms. The molecule has 1 heterocycles. The highest BCUT2D eigenvalue weighted by Gasteiger charge is 2.12. The Labute approximate surface area is 151 Å². The number of thiazole rings is 1. The van der Waals surface area contributed by atoms with Crippen LogP contribution in [0, 0.1) is 13.8 Å². The van der Waals surface area contributed by atoms with Crippen molar-refractivity contribution in [1.29, 1.82) is 0 Å². The molecule has 1 N–H and O–H groups in total. The van der Waals surface area contributed by atoms with Gasteiger partial charge in [-0.1, -0.05) is 18.2 Å². The van der Waals surface area contributed by atoms with E-state index in [0.29, 0.717) is 12.1 Å². The Kier molecular flexibility index (Phi) is 5.14. The summed E-state index contributed by atoms with van der Waals surface area (Å²) in [6.45, 7) is 4.02. The van der Waals surface area contributed by atoms with Gasteiger partial charge in [0.2, 0.25) is 0 Å². The molecule has 3 aromatic rings. The fourth-order valence-corrected chi connectivity index (χ4v) is 3.46. The molecular weight excluding hydrogens is 332 g/mol. The SMILES string of the molecule is COc1ccc(Cc2nc(C(=O)Nc3cc(C)cc(C)c3)cs2)cc1. The molecule has 0 aliphatic rings. The van der Waals surface area contributed by atoms with Gasteiger partial charge in [-0.25, -0.2) is 4.98 Å². The van der Waals surface area contributed by atoms with Gasteiger partial charge >= 0.3 is 0 Å². The highest BCUT2D eigenvalue weighted by molar-refractivity contribution is 7.09. The number of nitrogens with one attached hydrogen (secondary N) is 1. The van der Waals surface area contributed by atoms with Crippen LogP contribution in [0.3, 0.4) is 0 Å². The second-order valence-electron chi connectivity index (χ2n) is 5.98. The summed E-state index contributed by atoms with van der Waals surface area (Å²) in [7, 11) is 1.65. The number of carbonyl (C=O) groups is 1. The molecule has 0 aliphatic heterocycles. The quantitative estimate of drug-likeness (QED) is 0.729.